The fourth-order valence-electron chi connectivity index (χ4n) is 3.46. The summed E-state index contributed by atoms with van der Waals surface area (Å²) in [5.74, 6) is 0.684. The first-order chi connectivity index (χ1) is 10.4. The molecule has 0 unspecified atom stereocenters. The molecule has 0 amide bonds. The average Bonchev–Trinajstić information content (AvgIpc) is 3.17. The van der Waals surface area contributed by atoms with Crippen molar-refractivity contribution in [3.05, 3.63) is 46.7 Å². The zero-order valence-electron chi connectivity index (χ0n) is 11.9. The Kier molecular flexibility index (Phi) is 3.71. The Morgan fingerprint density at radius 1 is 1.38 bits per heavy atom. The Balaban J connectivity index is 1.40. The van der Waals surface area contributed by atoms with Crippen molar-refractivity contribution in [3.63, 3.8) is 0 Å². The zero-order valence-corrected chi connectivity index (χ0v) is 12.7. The van der Waals surface area contributed by atoms with Crippen LogP contribution >= 0.6 is 11.3 Å². The number of hydrogen-bond donors (Lipinski definition) is 0. The molecule has 21 heavy (non-hydrogen) atoms. The van der Waals surface area contributed by atoms with Gasteiger partial charge in [0.15, 0.2) is 0 Å². The van der Waals surface area contributed by atoms with Crippen molar-refractivity contribution in [3.8, 4) is 0 Å². The summed E-state index contributed by atoms with van der Waals surface area (Å²) in [6.07, 6.45) is 6.27. The molecule has 2 fully saturated rings. The number of hydrogen-bond acceptors (Lipinski definition) is 5. The third-order valence-electron chi connectivity index (χ3n) is 4.56. The zero-order chi connectivity index (χ0) is 14.1. The summed E-state index contributed by atoms with van der Waals surface area (Å²) in [6.45, 7) is 3.27. The molecule has 2 aliphatic heterocycles. The second-order valence-electron chi connectivity index (χ2n) is 5.95. The van der Waals surface area contributed by atoms with E-state index in [9.17, 15) is 0 Å². The van der Waals surface area contributed by atoms with Crippen LogP contribution in [0.25, 0.3) is 0 Å². The van der Waals surface area contributed by atoms with Crippen LogP contribution in [-0.4, -0.2) is 34.1 Å². The minimum atomic E-state index is 0.157. The minimum Gasteiger partial charge on any atom is -0.367 e. The molecule has 2 saturated heterocycles. The van der Waals surface area contributed by atoms with Gasteiger partial charge in [-0.25, -0.2) is 9.97 Å². The van der Waals surface area contributed by atoms with Crippen LogP contribution in [0.5, 0.6) is 0 Å². The number of rotatable bonds is 3. The highest BCUT2D eigenvalue weighted by Crippen LogP contribution is 2.40. The van der Waals surface area contributed by atoms with Gasteiger partial charge in [-0.2, -0.15) is 11.3 Å². The van der Waals surface area contributed by atoms with Gasteiger partial charge in [0.25, 0.3) is 0 Å². The quantitative estimate of drug-likeness (QED) is 0.874. The van der Waals surface area contributed by atoms with Gasteiger partial charge in [-0.05, 0) is 53.8 Å². The topological polar surface area (TPSA) is 38.2 Å². The van der Waals surface area contributed by atoms with E-state index >= 15 is 0 Å². The standard InChI is InChI=1S/C16H19N3OS/c1-4-17-11-18-14(1)15-7-13-2-5-19(9-16(13)20-15)8-12-3-6-21-10-12/h1,3-4,6,10-11,13,15-16H,2,5,7-9H2/t13-,15-,16+/m0/s1. The maximum absolute atomic E-state index is 6.27. The van der Waals surface area contributed by atoms with Crippen LogP contribution < -0.4 is 0 Å². The smallest absolute Gasteiger partial charge is 0.115 e. The van der Waals surface area contributed by atoms with Gasteiger partial charge in [0.2, 0.25) is 0 Å². The van der Waals surface area contributed by atoms with Gasteiger partial charge in [-0.3, -0.25) is 4.90 Å². The van der Waals surface area contributed by atoms with E-state index in [1.807, 2.05) is 6.07 Å². The SMILES string of the molecule is c1cc([C@@H]2C[C@@H]3CCN(Cc4ccsc4)C[C@H]3O2)ncn1. The molecule has 3 atom stereocenters. The molecule has 0 bridgehead atoms. The normalized spacial score (nSPS) is 29.4. The van der Waals surface area contributed by atoms with E-state index < -0.39 is 0 Å². The first-order valence-electron chi connectivity index (χ1n) is 7.53. The Labute approximate surface area is 128 Å². The van der Waals surface area contributed by atoms with Gasteiger partial charge in [0, 0.05) is 19.3 Å². The van der Waals surface area contributed by atoms with Crippen LogP contribution in [0.2, 0.25) is 0 Å². The highest BCUT2D eigenvalue weighted by atomic mass is 32.1. The van der Waals surface area contributed by atoms with E-state index in [-0.39, 0.29) is 6.10 Å². The molecule has 0 aliphatic carbocycles. The average molecular weight is 301 g/mol. The minimum absolute atomic E-state index is 0.157. The number of ether oxygens (including phenoxy) is 1. The maximum Gasteiger partial charge on any atom is 0.115 e. The molecule has 2 aromatic rings. The molecule has 0 aromatic carbocycles. The Bertz CT molecular complexity index is 574. The van der Waals surface area contributed by atoms with Crippen LogP contribution in [0.15, 0.2) is 35.4 Å². The lowest BCUT2D eigenvalue weighted by Gasteiger charge is -2.33. The third-order valence-corrected chi connectivity index (χ3v) is 5.29. The van der Waals surface area contributed by atoms with Crippen molar-refractivity contribution in [2.45, 2.75) is 31.6 Å². The summed E-state index contributed by atoms with van der Waals surface area (Å²) in [5, 5.41) is 4.39. The van der Waals surface area contributed by atoms with E-state index in [0.29, 0.717) is 12.0 Å². The predicted octanol–water partition coefficient (Wildman–Crippen LogP) is 2.89. The lowest BCUT2D eigenvalue weighted by Crippen LogP contribution is -2.41. The number of nitrogens with zero attached hydrogens (tertiary/aromatic N) is 3. The number of fused-ring (bicyclic) bond motifs is 1. The molecule has 0 spiro atoms. The van der Waals surface area contributed by atoms with Crippen LogP contribution in [0.3, 0.4) is 0 Å². The van der Waals surface area contributed by atoms with Crippen LogP contribution in [0.4, 0.5) is 0 Å². The Hall–Kier alpha value is -1.30. The molecule has 2 aromatic heterocycles. The highest BCUT2D eigenvalue weighted by molar-refractivity contribution is 7.07. The number of aromatic nitrogens is 2. The lowest BCUT2D eigenvalue weighted by atomic mass is 9.91. The van der Waals surface area contributed by atoms with E-state index in [0.717, 1.165) is 25.2 Å². The van der Waals surface area contributed by atoms with Crippen LogP contribution in [-0.2, 0) is 11.3 Å². The molecule has 4 nitrogen and oxygen atoms in total. The molecule has 0 saturated carbocycles. The molecular weight excluding hydrogens is 282 g/mol. The van der Waals surface area contributed by atoms with Gasteiger partial charge < -0.3 is 4.74 Å². The summed E-state index contributed by atoms with van der Waals surface area (Å²) in [6, 6.07) is 4.20. The molecule has 0 N–H and O–H groups in total. The highest BCUT2D eigenvalue weighted by Gasteiger charge is 2.39. The monoisotopic (exact) mass is 301 g/mol. The van der Waals surface area contributed by atoms with Crippen molar-refractivity contribution >= 4 is 11.3 Å². The van der Waals surface area contributed by atoms with E-state index in [2.05, 4.69) is 31.7 Å². The summed E-state index contributed by atoms with van der Waals surface area (Å²) in [7, 11) is 0. The van der Waals surface area contributed by atoms with Gasteiger partial charge in [0.05, 0.1) is 11.8 Å². The molecule has 0 radical (unpaired) electrons. The van der Waals surface area contributed by atoms with E-state index in [1.54, 1.807) is 23.9 Å². The van der Waals surface area contributed by atoms with Gasteiger partial charge >= 0.3 is 0 Å². The number of thiophene rings is 1. The third kappa shape index (κ3) is 2.86. The summed E-state index contributed by atoms with van der Waals surface area (Å²) >= 11 is 1.77. The Morgan fingerprint density at radius 2 is 2.38 bits per heavy atom. The molecule has 4 heterocycles. The fraction of sp³-hybridized carbons (Fsp3) is 0.500. The molecule has 110 valence electrons. The number of likely N-dealkylation sites (tertiary alicyclic amines) is 1. The first kappa shape index (κ1) is 13.4. The molecule has 2 aliphatic rings. The lowest BCUT2D eigenvalue weighted by molar-refractivity contribution is -0.0106. The van der Waals surface area contributed by atoms with E-state index in [4.69, 9.17) is 4.74 Å². The van der Waals surface area contributed by atoms with Crippen LogP contribution in [0.1, 0.15) is 30.2 Å². The van der Waals surface area contributed by atoms with Crippen LogP contribution in [0, 0.1) is 5.92 Å². The molecule has 4 rings (SSSR count). The molecule has 5 heteroatoms. The summed E-state index contributed by atoms with van der Waals surface area (Å²) in [5.41, 5.74) is 2.45. The van der Waals surface area contributed by atoms with Crippen molar-refractivity contribution in [2.24, 2.45) is 5.92 Å². The van der Waals surface area contributed by atoms with Gasteiger partial charge in [-0.1, -0.05) is 0 Å². The second kappa shape index (κ2) is 5.83. The maximum atomic E-state index is 6.27. The van der Waals surface area contributed by atoms with Crippen molar-refractivity contribution in [1.29, 1.82) is 0 Å². The predicted molar refractivity (Wildman–Crippen MR) is 82.0 cm³/mol. The number of piperidine rings is 1. The fourth-order valence-corrected chi connectivity index (χ4v) is 4.12. The van der Waals surface area contributed by atoms with Gasteiger partial charge in [0.1, 0.15) is 12.4 Å². The van der Waals surface area contributed by atoms with Crippen molar-refractivity contribution < 1.29 is 4.74 Å². The summed E-state index contributed by atoms with van der Waals surface area (Å²) < 4.78 is 6.27. The second-order valence-corrected chi connectivity index (χ2v) is 6.73. The van der Waals surface area contributed by atoms with Crippen molar-refractivity contribution in [2.75, 3.05) is 13.1 Å². The van der Waals surface area contributed by atoms with E-state index in [1.165, 1.54) is 18.5 Å². The molecular formula is C16H19N3OS. The first-order valence-corrected chi connectivity index (χ1v) is 8.47. The van der Waals surface area contributed by atoms with Crippen molar-refractivity contribution in [1.82, 2.24) is 14.9 Å². The van der Waals surface area contributed by atoms with Gasteiger partial charge in [-0.15, -0.1) is 0 Å². The largest absolute Gasteiger partial charge is 0.367 e. The Morgan fingerprint density at radius 3 is 3.19 bits per heavy atom. The summed E-state index contributed by atoms with van der Waals surface area (Å²) in [4.78, 5) is 10.9.